The van der Waals surface area contributed by atoms with Crippen LogP contribution in [0.1, 0.15) is 66.1 Å². The molecule has 7 heteroatoms. The van der Waals surface area contributed by atoms with Gasteiger partial charge in [0.25, 0.3) is 5.91 Å². The predicted molar refractivity (Wildman–Crippen MR) is 119 cm³/mol. The Kier molecular flexibility index (Phi) is 7.18. The molecule has 7 nitrogen and oxygen atoms in total. The van der Waals surface area contributed by atoms with Gasteiger partial charge in [-0.1, -0.05) is 69.2 Å². The molecular weight excluding hydrogens is 394 g/mol. The van der Waals surface area contributed by atoms with E-state index in [2.05, 4.69) is 12.0 Å². The largest absolute Gasteiger partial charge is 0.478 e. The second-order valence-corrected chi connectivity index (χ2v) is 7.45. The Morgan fingerprint density at radius 3 is 2.35 bits per heavy atom. The molecule has 1 N–H and O–H groups in total. The molecule has 0 saturated heterocycles. The first-order chi connectivity index (χ1) is 15.0. The molecule has 0 saturated carbocycles. The average Bonchev–Trinajstić information content (AvgIpc) is 3.09. The molecule has 0 bridgehead atoms. The number of unbranched alkanes of at least 4 members (excludes halogenated alkanes) is 2. The molecule has 0 atom stereocenters. The van der Waals surface area contributed by atoms with Crippen LogP contribution in [0.15, 0.2) is 53.3 Å². The minimum Gasteiger partial charge on any atom is -0.478 e. The first-order valence-electron chi connectivity index (χ1n) is 10.6. The van der Waals surface area contributed by atoms with Gasteiger partial charge in [0.15, 0.2) is 0 Å². The van der Waals surface area contributed by atoms with E-state index in [4.69, 9.17) is 0 Å². The van der Waals surface area contributed by atoms with Gasteiger partial charge < -0.3 is 5.11 Å². The zero-order valence-electron chi connectivity index (χ0n) is 17.9. The Labute approximate surface area is 181 Å². The zero-order chi connectivity index (χ0) is 22.4. The van der Waals surface area contributed by atoms with Crippen molar-refractivity contribution in [2.24, 2.45) is 0 Å². The van der Waals surface area contributed by atoms with E-state index in [1.54, 1.807) is 35.8 Å². The Bertz CT molecular complexity index is 1130. The molecule has 1 aromatic heterocycles. The van der Waals surface area contributed by atoms with E-state index in [9.17, 15) is 19.5 Å². The van der Waals surface area contributed by atoms with Gasteiger partial charge in [-0.2, -0.15) is 0 Å². The summed E-state index contributed by atoms with van der Waals surface area (Å²) >= 11 is 0. The minimum absolute atomic E-state index is 0.211. The molecule has 0 unspecified atom stereocenters. The number of benzene rings is 2. The summed E-state index contributed by atoms with van der Waals surface area (Å²) in [6, 6.07) is 14.3. The fourth-order valence-corrected chi connectivity index (χ4v) is 3.52. The van der Waals surface area contributed by atoms with Crippen LogP contribution in [-0.2, 0) is 13.0 Å². The lowest BCUT2D eigenvalue weighted by Gasteiger charge is -2.09. The van der Waals surface area contributed by atoms with Crippen LogP contribution in [0.3, 0.4) is 0 Å². The second-order valence-electron chi connectivity index (χ2n) is 7.45. The predicted octanol–water partition coefficient (Wildman–Crippen LogP) is 4.24. The van der Waals surface area contributed by atoms with Crippen molar-refractivity contribution in [3.63, 3.8) is 0 Å². The molecule has 31 heavy (non-hydrogen) atoms. The van der Waals surface area contributed by atoms with Gasteiger partial charge >= 0.3 is 11.7 Å². The fraction of sp³-hybridized carbons (Fsp3) is 0.333. The van der Waals surface area contributed by atoms with Crippen LogP contribution < -0.4 is 5.69 Å². The molecular formula is C24H27N3O4. The lowest BCUT2D eigenvalue weighted by atomic mass is 9.99. The number of carbonyl (C=O) groups is 2. The number of nitrogens with zero attached hydrogens (tertiary/aromatic N) is 3. The first-order valence-corrected chi connectivity index (χ1v) is 10.6. The smallest absolute Gasteiger partial charge is 0.353 e. The minimum atomic E-state index is -0.976. The quantitative estimate of drug-likeness (QED) is 0.522. The molecule has 2 aromatic carbocycles. The van der Waals surface area contributed by atoms with Gasteiger partial charge in [0, 0.05) is 12.8 Å². The summed E-state index contributed by atoms with van der Waals surface area (Å²) < 4.78 is 2.53. The van der Waals surface area contributed by atoms with E-state index < -0.39 is 11.7 Å². The number of aromatic carboxylic acids is 1. The van der Waals surface area contributed by atoms with Crippen LogP contribution in [0.2, 0.25) is 0 Å². The third-order valence-electron chi connectivity index (χ3n) is 5.24. The summed E-state index contributed by atoms with van der Waals surface area (Å²) in [6.07, 6.45) is 3.83. The first kappa shape index (κ1) is 22.2. The van der Waals surface area contributed by atoms with E-state index in [1.807, 2.05) is 24.3 Å². The van der Waals surface area contributed by atoms with E-state index in [1.165, 1.54) is 0 Å². The van der Waals surface area contributed by atoms with E-state index in [0.29, 0.717) is 24.4 Å². The Morgan fingerprint density at radius 1 is 1.00 bits per heavy atom. The number of rotatable bonds is 9. The maximum Gasteiger partial charge on any atom is 0.353 e. The molecule has 0 amide bonds. The molecule has 0 aliphatic carbocycles. The number of carboxylic acid groups (broad SMARTS) is 1. The van der Waals surface area contributed by atoms with Gasteiger partial charge in [-0.25, -0.2) is 9.59 Å². The highest BCUT2D eigenvalue weighted by Crippen LogP contribution is 2.24. The van der Waals surface area contributed by atoms with Gasteiger partial charge in [0.2, 0.25) is 0 Å². The topological polar surface area (TPSA) is 94.2 Å². The lowest BCUT2D eigenvalue weighted by Crippen LogP contribution is -2.30. The summed E-state index contributed by atoms with van der Waals surface area (Å²) in [5, 5.41) is 13.7. The van der Waals surface area contributed by atoms with Gasteiger partial charge in [-0.15, -0.1) is 9.78 Å². The van der Waals surface area contributed by atoms with E-state index in [0.717, 1.165) is 35.1 Å². The number of aryl methyl sites for hydroxylation is 1. The van der Waals surface area contributed by atoms with Gasteiger partial charge in [-0.3, -0.25) is 9.36 Å². The van der Waals surface area contributed by atoms with Crippen molar-refractivity contribution in [2.45, 2.75) is 52.5 Å². The van der Waals surface area contributed by atoms with Gasteiger partial charge in [-0.05, 0) is 29.2 Å². The van der Waals surface area contributed by atoms with E-state index in [-0.39, 0.29) is 17.9 Å². The highest BCUT2D eigenvalue weighted by molar-refractivity contribution is 5.95. The van der Waals surface area contributed by atoms with Crippen molar-refractivity contribution in [1.29, 1.82) is 0 Å². The SMILES string of the molecule is CCCCCc1nn(C(=O)CC)c(=O)n1Cc1ccc(-c2ccccc2C(=O)O)cc1. The molecule has 0 radical (unpaired) electrons. The summed E-state index contributed by atoms with van der Waals surface area (Å²) in [4.78, 5) is 36.4. The van der Waals surface area contributed by atoms with Crippen LogP contribution in [0.25, 0.3) is 11.1 Å². The molecule has 162 valence electrons. The maximum absolute atomic E-state index is 12.8. The normalized spacial score (nSPS) is 10.9. The maximum atomic E-state index is 12.8. The van der Waals surface area contributed by atoms with Crippen molar-refractivity contribution in [1.82, 2.24) is 14.3 Å². The van der Waals surface area contributed by atoms with Crippen LogP contribution in [-0.4, -0.2) is 31.3 Å². The summed E-state index contributed by atoms with van der Waals surface area (Å²) in [7, 11) is 0. The molecule has 0 aliphatic heterocycles. The van der Waals surface area contributed by atoms with Crippen LogP contribution >= 0.6 is 0 Å². The number of hydrogen-bond acceptors (Lipinski definition) is 4. The van der Waals surface area contributed by atoms with E-state index >= 15 is 0 Å². The number of carbonyl (C=O) groups excluding carboxylic acids is 1. The average molecular weight is 421 g/mol. The number of hydrogen-bond donors (Lipinski definition) is 1. The fourth-order valence-electron chi connectivity index (χ4n) is 3.52. The Balaban J connectivity index is 1.90. The van der Waals surface area contributed by atoms with Crippen LogP contribution in [0, 0.1) is 0 Å². The molecule has 0 fully saturated rings. The highest BCUT2D eigenvalue weighted by Gasteiger charge is 2.17. The second kappa shape index (κ2) is 10.0. The highest BCUT2D eigenvalue weighted by atomic mass is 16.4. The monoisotopic (exact) mass is 421 g/mol. The summed E-state index contributed by atoms with van der Waals surface area (Å²) in [5.41, 5.74) is 2.12. The molecule has 3 aromatic rings. The third-order valence-corrected chi connectivity index (χ3v) is 5.24. The molecule has 3 rings (SSSR count). The standard InChI is InChI=1S/C24H27N3O4/c1-3-5-6-11-21-25-27(22(28)4-2)24(31)26(21)16-17-12-14-18(15-13-17)19-9-7-8-10-20(19)23(29)30/h7-10,12-15H,3-6,11,16H2,1-2H3,(H,29,30). The van der Waals surface area contributed by atoms with Crippen molar-refractivity contribution in [3.05, 3.63) is 76.0 Å². The number of carboxylic acids is 1. The van der Waals surface area contributed by atoms with Crippen molar-refractivity contribution in [3.8, 4) is 11.1 Å². The van der Waals surface area contributed by atoms with Crippen LogP contribution in [0.4, 0.5) is 0 Å². The molecule has 0 spiro atoms. The number of aromatic nitrogens is 3. The lowest BCUT2D eigenvalue weighted by molar-refractivity contribution is 0.0697. The van der Waals surface area contributed by atoms with Crippen molar-refractivity contribution >= 4 is 11.9 Å². The van der Waals surface area contributed by atoms with Gasteiger partial charge in [0.1, 0.15) is 5.82 Å². The van der Waals surface area contributed by atoms with Crippen molar-refractivity contribution < 1.29 is 14.7 Å². The van der Waals surface area contributed by atoms with Crippen LogP contribution in [0.5, 0.6) is 0 Å². The van der Waals surface area contributed by atoms with Crippen molar-refractivity contribution in [2.75, 3.05) is 0 Å². The third kappa shape index (κ3) is 4.99. The molecule has 1 heterocycles. The Hall–Kier alpha value is -3.48. The zero-order valence-corrected chi connectivity index (χ0v) is 17.9. The molecule has 0 aliphatic rings. The van der Waals surface area contributed by atoms with Gasteiger partial charge in [0.05, 0.1) is 12.1 Å². The summed E-state index contributed by atoms with van der Waals surface area (Å²) in [5.74, 6) is -0.683. The Morgan fingerprint density at radius 2 is 1.71 bits per heavy atom. The summed E-state index contributed by atoms with van der Waals surface area (Å²) in [6.45, 7) is 4.12.